The largest absolute Gasteiger partial charge is 0.457 e. The second-order valence-corrected chi connectivity index (χ2v) is 6.65. The molecule has 0 radical (unpaired) electrons. The number of piperidine rings is 1. The molecule has 0 saturated carbocycles. The van der Waals surface area contributed by atoms with Gasteiger partial charge in [-0.25, -0.2) is 0 Å². The van der Waals surface area contributed by atoms with Crippen LogP contribution in [0.25, 0.3) is 0 Å². The monoisotopic (exact) mass is 333 g/mol. The first-order chi connectivity index (χ1) is 12.2. The van der Waals surface area contributed by atoms with Crippen LogP contribution in [0.5, 0.6) is 11.5 Å². The standard InChI is InChI=1S/C20H19N3O2/c21-11-14-2-1-3-18(10-14)25-17-6-4-15(5-7-17)20(24)22-19-13-23-9-8-16(19)12-23/h1-7,10,16,19H,8-9,12-13H2,(H,22,24). The second-order valence-electron chi connectivity index (χ2n) is 6.65. The van der Waals surface area contributed by atoms with E-state index < -0.39 is 0 Å². The van der Waals surface area contributed by atoms with Crippen LogP contribution in [-0.2, 0) is 0 Å². The molecule has 5 heteroatoms. The van der Waals surface area contributed by atoms with Crippen LogP contribution in [0.3, 0.4) is 0 Å². The highest BCUT2D eigenvalue weighted by molar-refractivity contribution is 5.94. The normalized spacial score (nSPS) is 23.9. The van der Waals surface area contributed by atoms with E-state index in [2.05, 4.69) is 16.3 Å². The first-order valence-electron chi connectivity index (χ1n) is 8.52. The van der Waals surface area contributed by atoms with E-state index in [1.54, 1.807) is 48.5 Å². The van der Waals surface area contributed by atoms with E-state index in [4.69, 9.17) is 10.00 Å². The van der Waals surface area contributed by atoms with Crippen molar-refractivity contribution in [2.45, 2.75) is 12.5 Å². The number of carbonyl (C=O) groups excluding carboxylic acids is 1. The molecular formula is C20H19N3O2. The van der Waals surface area contributed by atoms with Crippen LogP contribution >= 0.6 is 0 Å². The number of nitrogens with one attached hydrogen (secondary N) is 1. The zero-order valence-electron chi connectivity index (χ0n) is 13.8. The molecule has 1 amide bonds. The Balaban J connectivity index is 1.39. The molecule has 5 nitrogen and oxygen atoms in total. The highest BCUT2D eigenvalue weighted by Gasteiger charge is 2.38. The Hall–Kier alpha value is -2.84. The molecule has 0 spiro atoms. The number of nitriles is 1. The SMILES string of the molecule is N#Cc1cccc(Oc2ccc(C(=O)NC3CN4CCC3C4)cc2)c1. The summed E-state index contributed by atoms with van der Waals surface area (Å²) in [6, 6.07) is 16.4. The molecule has 2 aromatic rings. The molecule has 0 aliphatic carbocycles. The van der Waals surface area contributed by atoms with Crippen LogP contribution in [-0.4, -0.2) is 36.5 Å². The van der Waals surface area contributed by atoms with Crippen molar-refractivity contribution in [1.29, 1.82) is 5.26 Å². The summed E-state index contributed by atoms with van der Waals surface area (Å²) < 4.78 is 5.74. The Morgan fingerprint density at radius 3 is 2.68 bits per heavy atom. The summed E-state index contributed by atoms with van der Waals surface area (Å²) in [5, 5.41) is 12.1. The van der Waals surface area contributed by atoms with Crippen molar-refractivity contribution in [2.75, 3.05) is 19.6 Å². The van der Waals surface area contributed by atoms with Crippen molar-refractivity contribution in [3.8, 4) is 17.6 Å². The van der Waals surface area contributed by atoms with Crippen molar-refractivity contribution in [2.24, 2.45) is 5.92 Å². The Morgan fingerprint density at radius 1 is 1.16 bits per heavy atom. The lowest BCUT2D eigenvalue weighted by molar-refractivity contribution is 0.0924. The maximum absolute atomic E-state index is 12.4. The fraction of sp³-hybridized carbons (Fsp3) is 0.300. The van der Waals surface area contributed by atoms with Crippen LogP contribution < -0.4 is 10.1 Å². The predicted molar refractivity (Wildman–Crippen MR) is 93.5 cm³/mol. The smallest absolute Gasteiger partial charge is 0.251 e. The van der Waals surface area contributed by atoms with Gasteiger partial charge in [0.25, 0.3) is 5.91 Å². The molecule has 3 atom stereocenters. The van der Waals surface area contributed by atoms with E-state index in [1.165, 1.54) is 6.42 Å². The fourth-order valence-corrected chi connectivity index (χ4v) is 3.64. The van der Waals surface area contributed by atoms with Crippen molar-refractivity contribution in [1.82, 2.24) is 10.2 Å². The lowest BCUT2D eigenvalue weighted by Gasteiger charge is -2.23. The van der Waals surface area contributed by atoms with E-state index in [0.29, 0.717) is 28.5 Å². The van der Waals surface area contributed by atoms with Crippen LogP contribution in [0.15, 0.2) is 48.5 Å². The summed E-state index contributed by atoms with van der Waals surface area (Å²) in [6.45, 7) is 3.24. The zero-order chi connectivity index (χ0) is 17.2. The summed E-state index contributed by atoms with van der Waals surface area (Å²) in [5.74, 6) is 1.81. The molecule has 2 aliphatic rings. The van der Waals surface area contributed by atoms with Gasteiger partial charge in [-0.15, -0.1) is 0 Å². The molecule has 2 heterocycles. The Labute approximate surface area is 146 Å². The van der Waals surface area contributed by atoms with Gasteiger partial charge < -0.3 is 15.0 Å². The first kappa shape index (κ1) is 15.7. The third-order valence-electron chi connectivity index (χ3n) is 4.96. The number of hydrogen-bond donors (Lipinski definition) is 1. The quantitative estimate of drug-likeness (QED) is 0.934. The Morgan fingerprint density at radius 2 is 2.00 bits per heavy atom. The number of nitrogens with zero attached hydrogens (tertiary/aromatic N) is 2. The number of benzene rings is 2. The van der Waals surface area contributed by atoms with Gasteiger partial charge in [0, 0.05) is 24.7 Å². The molecule has 2 bridgehead atoms. The zero-order valence-corrected chi connectivity index (χ0v) is 13.8. The molecule has 2 saturated heterocycles. The summed E-state index contributed by atoms with van der Waals surface area (Å²) in [4.78, 5) is 14.8. The summed E-state index contributed by atoms with van der Waals surface area (Å²) in [5.41, 5.74) is 1.19. The summed E-state index contributed by atoms with van der Waals surface area (Å²) in [6.07, 6.45) is 1.18. The van der Waals surface area contributed by atoms with Gasteiger partial charge in [-0.05, 0) is 61.3 Å². The minimum Gasteiger partial charge on any atom is -0.457 e. The summed E-state index contributed by atoms with van der Waals surface area (Å²) in [7, 11) is 0. The molecule has 3 unspecified atom stereocenters. The van der Waals surface area contributed by atoms with Crippen LogP contribution in [0.4, 0.5) is 0 Å². The number of fused-ring (bicyclic) bond motifs is 2. The van der Waals surface area contributed by atoms with Crippen LogP contribution in [0.1, 0.15) is 22.3 Å². The van der Waals surface area contributed by atoms with Gasteiger partial charge >= 0.3 is 0 Å². The number of ether oxygens (including phenoxy) is 1. The van der Waals surface area contributed by atoms with Crippen molar-refractivity contribution in [3.05, 3.63) is 59.7 Å². The van der Waals surface area contributed by atoms with Gasteiger partial charge in [0.2, 0.25) is 0 Å². The van der Waals surface area contributed by atoms with E-state index in [1.807, 2.05) is 0 Å². The Bertz CT molecular complexity index is 826. The third-order valence-corrected chi connectivity index (χ3v) is 4.96. The topological polar surface area (TPSA) is 65.4 Å². The molecule has 1 N–H and O–H groups in total. The van der Waals surface area contributed by atoms with E-state index in [0.717, 1.165) is 19.6 Å². The fourth-order valence-electron chi connectivity index (χ4n) is 3.64. The third kappa shape index (κ3) is 3.35. The van der Waals surface area contributed by atoms with Gasteiger partial charge in [-0.1, -0.05) is 6.07 Å². The van der Waals surface area contributed by atoms with Crippen molar-refractivity contribution in [3.63, 3.8) is 0 Å². The minimum absolute atomic E-state index is 0.0308. The Kier molecular flexibility index (Phi) is 4.12. The van der Waals surface area contributed by atoms with Crippen molar-refractivity contribution >= 4 is 5.91 Å². The first-order valence-corrected chi connectivity index (χ1v) is 8.52. The second kappa shape index (κ2) is 6.58. The average molecular weight is 333 g/mol. The lowest BCUT2D eigenvalue weighted by atomic mass is 9.99. The van der Waals surface area contributed by atoms with Crippen LogP contribution in [0.2, 0.25) is 0 Å². The highest BCUT2D eigenvalue weighted by atomic mass is 16.5. The lowest BCUT2D eigenvalue weighted by Crippen LogP contribution is -2.43. The van der Waals surface area contributed by atoms with Gasteiger partial charge in [-0.2, -0.15) is 5.26 Å². The molecule has 25 heavy (non-hydrogen) atoms. The van der Waals surface area contributed by atoms with Crippen LogP contribution in [0, 0.1) is 17.2 Å². The number of carbonyl (C=O) groups is 1. The molecule has 2 aliphatic heterocycles. The molecular weight excluding hydrogens is 314 g/mol. The maximum Gasteiger partial charge on any atom is 0.251 e. The molecule has 0 aromatic heterocycles. The summed E-state index contributed by atoms with van der Waals surface area (Å²) >= 11 is 0. The molecule has 126 valence electrons. The average Bonchev–Trinajstić information content (AvgIpc) is 3.25. The van der Waals surface area contributed by atoms with E-state index in [9.17, 15) is 4.79 Å². The van der Waals surface area contributed by atoms with Gasteiger partial charge in [0.15, 0.2) is 0 Å². The number of hydrogen-bond acceptors (Lipinski definition) is 4. The predicted octanol–water partition coefficient (Wildman–Crippen LogP) is 2.78. The molecule has 2 fully saturated rings. The minimum atomic E-state index is -0.0308. The highest BCUT2D eigenvalue weighted by Crippen LogP contribution is 2.28. The number of amides is 1. The van der Waals surface area contributed by atoms with E-state index >= 15 is 0 Å². The van der Waals surface area contributed by atoms with Gasteiger partial charge in [0.05, 0.1) is 11.6 Å². The number of rotatable bonds is 4. The molecule has 4 rings (SSSR count). The molecule has 2 aromatic carbocycles. The van der Waals surface area contributed by atoms with Gasteiger partial charge in [-0.3, -0.25) is 4.79 Å². The van der Waals surface area contributed by atoms with E-state index in [-0.39, 0.29) is 11.9 Å². The van der Waals surface area contributed by atoms with Gasteiger partial charge in [0.1, 0.15) is 11.5 Å². The maximum atomic E-state index is 12.4. The van der Waals surface area contributed by atoms with Crippen molar-refractivity contribution < 1.29 is 9.53 Å².